The fourth-order valence-electron chi connectivity index (χ4n) is 0.774. The number of aromatic nitrogens is 2. The second kappa shape index (κ2) is 5.24. The highest BCUT2D eigenvalue weighted by Gasteiger charge is 2.06. The summed E-state index contributed by atoms with van der Waals surface area (Å²) in [4.78, 5) is 4.20. The van der Waals surface area contributed by atoms with Crippen molar-refractivity contribution in [2.75, 3.05) is 6.54 Å². The van der Waals surface area contributed by atoms with Crippen LogP contribution in [-0.4, -0.2) is 21.9 Å². The molecule has 0 fully saturated rings. The molecule has 0 aliphatic rings. The molecule has 1 heterocycles. The molecule has 1 aromatic rings. The third-order valence-corrected chi connectivity index (χ3v) is 2.82. The third-order valence-electron chi connectivity index (χ3n) is 1.65. The topological polar surface area (TPSA) is 64.9 Å². The van der Waals surface area contributed by atoms with E-state index in [0.717, 1.165) is 18.0 Å². The summed E-state index contributed by atoms with van der Waals surface area (Å²) in [5.41, 5.74) is 5.48. The van der Waals surface area contributed by atoms with Gasteiger partial charge in [0.15, 0.2) is 5.82 Å². The maximum Gasteiger partial charge on any atom is 0.236 e. The Labute approximate surface area is 82.3 Å². The summed E-state index contributed by atoms with van der Waals surface area (Å²) in [6.07, 6.45) is 0.820. The SMILES string of the molecule is CCc1noc(CSC(C)CN)n1. The summed E-state index contributed by atoms with van der Waals surface area (Å²) >= 11 is 1.73. The Morgan fingerprint density at radius 2 is 2.38 bits per heavy atom. The van der Waals surface area contributed by atoms with Crippen molar-refractivity contribution in [3.63, 3.8) is 0 Å². The van der Waals surface area contributed by atoms with Gasteiger partial charge in [-0.25, -0.2) is 0 Å². The highest BCUT2D eigenvalue weighted by Crippen LogP contribution is 2.15. The van der Waals surface area contributed by atoms with Gasteiger partial charge in [0.1, 0.15) is 0 Å². The number of nitrogens with zero attached hydrogens (tertiary/aromatic N) is 2. The van der Waals surface area contributed by atoms with Crippen LogP contribution in [0.25, 0.3) is 0 Å². The molecular formula is C8H15N3OS. The van der Waals surface area contributed by atoms with E-state index in [0.29, 0.717) is 17.7 Å². The predicted octanol–water partition coefficient (Wildman–Crippen LogP) is 1.21. The normalized spacial score (nSPS) is 13.2. The average molecular weight is 201 g/mol. The van der Waals surface area contributed by atoms with Crippen molar-refractivity contribution in [2.45, 2.75) is 31.3 Å². The fourth-order valence-corrected chi connectivity index (χ4v) is 1.45. The molecule has 0 aromatic carbocycles. The van der Waals surface area contributed by atoms with E-state index in [-0.39, 0.29) is 0 Å². The smallest absolute Gasteiger partial charge is 0.236 e. The van der Waals surface area contributed by atoms with Crippen LogP contribution in [0.15, 0.2) is 4.52 Å². The van der Waals surface area contributed by atoms with E-state index in [1.165, 1.54) is 0 Å². The number of aryl methyl sites for hydroxylation is 1. The third kappa shape index (κ3) is 3.36. The summed E-state index contributed by atoms with van der Waals surface area (Å²) in [6.45, 7) is 4.77. The molecule has 2 N–H and O–H groups in total. The van der Waals surface area contributed by atoms with Gasteiger partial charge in [-0.15, -0.1) is 11.8 Å². The lowest BCUT2D eigenvalue weighted by Crippen LogP contribution is -2.12. The van der Waals surface area contributed by atoms with E-state index in [2.05, 4.69) is 17.1 Å². The molecule has 74 valence electrons. The van der Waals surface area contributed by atoms with Crippen LogP contribution in [-0.2, 0) is 12.2 Å². The van der Waals surface area contributed by atoms with Crippen molar-refractivity contribution < 1.29 is 4.52 Å². The quantitative estimate of drug-likeness (QED) is 0.775. The van der Waals surface area contributed by atoms with Crippen LogP contribution in [0.2, 0.25) is 0 Å². The van der Waals surface area contributed by atoms with Gasteiger partial charge in [0.25, 0.3) is 0 Å². The van der Waals surface area contributed by atoms with Crippen LogP contribution >= 0.6 is 11.8 Å². The predicted molar refractivity (Wildman–Crippen MR) is 53.5 cm³/mol. The molecule has 0 spiro atoms. The molecule has 1 atom stereocenters. The number of thioether (sulfide) groups is 1. The van der Waals surface area contributed by atoms with Crippen molar-refractivity contribution in [3.05, 3.63) is 11.7 Å². The lowest BCUT2D eigenvalue weighted by atomic mass is 10.5. The first-order chi connectivity index (χ1) is 6.26. The van der Waals surface area contributed by atoms with Crippen LogP contribution in [0.1, 0.15) is 25.6 Å². The lowest BCUT2D eigenvalue weighted by molar-refractivity contribution is 0.385. The monoisotopic (exact) mass is 201 g/mol. The standard InChI is InChI=1S/C8H15N3OS/c1-3-7-10-8(12-11-7)5-13-6(2)4-9/h6H,3-5,9H2,1-2H3. The van der Waals surface area contributed by atoms with E-state index < -0.39 is 0 Å². The highest BCUT2D eigenvalue weighted by atomic mass is 32.2. The first-order valence-corrected chi connectivity index (χ1v) is 5.44. The van der Waals surface area contributed by atoms with Crippen LogP contribution in [0.3, 0.4) is 0 Å². The number of hydrogen-bond acceptors (Lipinski definition) is 5. The molecule has 0 aliphatic carbocycles. The fraction of sp³-hybridized carbons (Fsp3) is 0.750. The zero-order valence-electron chi connectivity index (χ0n) is 7.99. The van der Waals surface area contributed by atoms with E-state index >= 15 is 0 Å². The Kier molecular flexibility index (Phi) is 4.24. The van der Waals surface area contributed by atoms with Gasteiger partial charge < -0.3 is 10.3 Å². The van der Waals surface area contributed by atoms with Crippen molar-refractivity contribution in [3.8, 4) is 0 Å². The van der Waals surface area contributed by atoms with E-state index in [1.807, 2.05) is 6.92 Å². The molecular weight excluding hydrogens is 186 g/mol. The molecule has 0 bridgehead atoms. The molecule has 0 saturated carbocycles. The Morgan fingerprint density at radius 3 is 2.92 bits per heavy atom. The highest BCUT2D eigenvalue weighted by molar-refractivity contribution is 7.99. The number of nitrogens with two attached hydrogens (primary N) is 1. The van der Waals surface area contributed by atoms with Gasteiger partial charge in [-0.05, 0) is 0 Å². The summed E-state index contributed by atoms with van der Waals surface area (Å²) in [7, 11) is 0. The molecule has 0 amide bonds. The van der Waals surface area contributed by atoms with Gasteiger partial charge in [0.2, 0.25) is 5.89 Å². The Morgan fingerprint density at radius 1 is 1.62 bits per heavy atom. The lowest BCUT2D eigenvalue weighted by Gasteiger charge is -2.03. The first kappa shape index (κ1) is 10.5. The minimum atomic E-state index is 0.442. The van der Waals surface area contributed by atoms with Crippen molar-refractivity contribution in [1.29, 1.82) is 0 Å². The number of hydrogen-bond donors (Lipinski definition) is 1. The van der Waals surface area contributed by atoms with Gasteiger partial charge in [-0.2, -0.15) is 4.98 Å². The van der Waals surface area contributed by atoms with Crippen molar-refractivity contribution >= 4 is 11.8 Å². The van der Waals surface area contributed by atoms with Crippen LogP contribution < -0.4 is 5.73 Å². The van der Waals surface area contributed by atoms with Gasteiger partial charge in [-0.1, -0.05) is 19.0 Å². The van der Waals surface area contributed by atoms with Crippen LogP contribution in [0, 0.1) is 0 Å². The molecule has 1 rings (SSSR count). The minimum absolute atomic E-state index is 0.442. The molecule has 5 heteroatoms. The molecule has 1 aromatic heterocycles. The van der Waals surface area contributed by atoms with E-state index in [1.54, 1.807) is 11.8 Å². The van der Waals surface area contributed by atoms with Gasteiger partial charge in [-0.3, -0.25) is 0 Å². The van der Waals surface area contributed by atoms with Crippen LogP contribution in [0.4, 0.5) is 0 Å². The Hall–Kier alpha value is -0.550. The van der Waals surface area contributed by atoms with Crippen molar-refractivity contribution in [1.82, 2.24) is 10.1 Å². The summed E-state index contributed by atoms with van der Waals surface area (Å²) < 4.78 is 5.03. The molecule has 13 heavy (non-hydrogen) atoms. The van der Waals surface area contributed by atoms with Gasteiger partial charge >= 0.3 is 0 Å². The van der Waals surface area contributed by atoms with Crippen molar-refractivity contribution in [2.24, 2.45) is 5.73 Å². The maximum atomic E-state index is 5.48. The molecule has 0 aliphatic heterocycles. The number of rotatable bonds is 5. The molecule has 0 saturated heterocycles. The summed E-state index contributed by atoms with van der Waals surface area (Å²) in [6, 6.07) is 0. The largest absolute Gasteiger partial charge is 0.338 e. The zero-order chi connectivity index (χ0) is 9.68. The minimum Gasteiger partial charge on any atom is -0.338 e. The average Bonchev–Trinajstić information content (AvgIpc) is 2.61. The molecule has 4 nitrogen and oxygen atoms in total. The second-order valence-electron chi connectivity index (χ2n) is 2.82. The first-order valence-electron chi connectivity index (χ1n) is 4.39. The zero-order valence-corrected chi connectivity index (χ0v) is 8.80. The summed E-state index contributed by atoms with van der Waals surface area (Å²) in [5.74, 6) is 2.23. The van der Waals surface area contributed by atoms with Gasteiger partial charge in [0, 0.05) is 18.2 Å². The second-order valence-corrected chi connectivity index (χ2v) is 4.24. The summed E-state index contributed by atoms with van der Waals surface area (Å²) in [5, 5.41) is 4.25. The van der Waals surface area contributed by atoms with E-state index in [9.17, 15) is 0 Å². The Balaban J connectivity index is 2.36. The Bertz CT molecular complexity index is 251. The molecule has 1 unspecified atom stereocenters. The molecule has 0 radical (unpaired) electrons. The van der Waals surface area contributed by atoms with E-state index in [4.69, 9.17) is 10.3 Å². The van der Waals surface area contributed by atoms with Gasteiger partial charge in [0.05, 0.1) is 5.75 Å². The van der Waals surface area contributed by atoms with Crippen LogP contribution in [0.5, 0.6) is 0 Å². The maximum absolute atomic E-state index is 5.48.